The summed E-state index contributed by atoms with van der Waals surface area (Å²) in [6, 6.07) is 8.27. The molecule has 0 atom stereocenters. The number of nitrogens with one attached hydrogen (secondary N) is 3. The van der Waals surface area contributed by atoms with Gasteiger partial charge in [0.05, 0.1) is 26.4 Å². The van der Waals surface area contributed by atoms with Crippen LogP contribution in [0.25, 0.3) is 11.0 Å². The Labute approximate surface area is 118 Å². The molecule has 0 bridgehead atoms. The summed E-state index contributed by atoms with van der Waals surface area (Å²) in [4.78, 5) is 8.22. The summed E-state index contributed by atoms with van der Waals surface area (Å²) in [5, 5.41) is 1.15. The van der Waals surface area contributed by atoms with Crippen molar-refractivity contribution in [3.05, 3.63) is 24.3 Å². The van der Waals surface area contributed by atoms with Crippen molar-refractivity contribution in [3.8, 4) is 0 Å². The average molecular weight is 294 g/mol. The van der Waals surface area contributed by atoms with Crippen LogP contribution in [-0.2, 0) is 0 Å². The van der Waals surface area contributed by atoms with Crippen molar-refractivity contribution in [1.29, 1.82) is 0 Å². The third kappa shape index (κ3) is 4.76. The Morgan fingerprint density at radius 1 is 1.24 bits per heavy atom. The molecule has 96 valence electrons. The summed E-state index contributed by atoms with van der Waals surface area (Å²) in [6.45, 7) is 1.17. The van der Waals surface area contributed by atoms with Crippen molar-refractivity contribution in [1.82, 2.24) is 4.98 Å². The van der Waals surface area contributed by atoms with Crippen molar-refractivity contribution in [2.24, 2.45) is 0 Å². The summed E-state index contributed by atoms with van der Waals surface area (Å²) in [7, 11) is 4.35. The molecule has 0 saturated carbocycles. The Morgan fingerprint density at radius 2 is 1.94 bits per heavy atom. The predicted octanol–water partition coefficient (Wildman–Crippen LogP) is -5.77. The molecule has 17 heavy (non-hydrogen) atoms. The van der Waals surface area contributed by atoms with E-state index in [2.05, 4.69) is 36.2 Å². The highest BCUT2D eigenvalue weighted by Gasteiger charge is 2.09. The van der Waals surface area contributed by atoms with Crippen LogP contribution in [0.15, 0.2) is 29.4 Å². The SMILES string of the molecule is C[NH+](C)CCSc1[nH]c2ccccc2[nH+]1.[Cl-].[Cl-]. The van der Waals surface area contributed by atoms with Gasteiger partial charge in [0.25, 0.3) is 0 Å². The highest BCUT2D eigenvalue weighted by molar-refractivity contribution is 7.99. The number of halogens is 2. The lowest BCUT2D eigenvalue weighted by Gasteiger charge is -2.03. The number of rotatable bonds is 4. The summed E-state index contributed by atoms with van der Waals surface area (Å²) in [6.07, 6.45) is 0. The van der Waals surface area contributed by atoms with E-state index >= 15 is 0 Å². The normalized spacial score (nSPS) is 10.1. The quantitative estimate of drug-likeness (QED) is 0.542. The number of benzene rings is 1. The molecule has 1 aromatic heterocycles. The van der Waals surface area contributed by atoms with Gasteiger partial charge in [-0.2, -0.15) is 0 Å². The molecule has 0 aliphatic carbocycles. The first-order valence-corrected chi connectivity index (χ1v) is 6.16. The molecular formula is C11H17Cl2N3S. The van der Waals surface area contributed by atoms with E-state index in [1.165, 1.54) is 22.5 Å². The highest BCUT2D eigenvalue weighted by Crippen LogP contribution is 2.13. The molecule has 6 heteroatoms. The van der Waals surface area contributed by atoms with Gasteiger partial charge in [-0.1, -0.05) is 12.1 Å². The summed E-state index contributed by atoms with van der Waals surface area (Å²) < 4.78 is 0. The van der Waals surface area contributed by atoms with E-state index in [9.17, 15) is 0 Å². The second kappa shape index (κ2) is 7.82. The number of thioether (sulfide) groups is 1. The number of hydrogen-bond acceptors (Lipinski definition) is 1. The second-order valence-corrected chi connectivity index (χ2v) is 5.04. The van der Waals surface area contributed by atoms with Gasteiger partial charge >= 0.3 is 5.16 Å². The zero-order valence-electron chi connectivity index (χ0n) is 9.89. The van der Waals surface area contributed by atoms with Crippen LogP contribution in [0.1, 0.15) is 0 Å². The molecule has 0 amide bonds. The molecule has 0 spiro atoms. The van der Waals surface area contributed by atoms with Crippen LogP contribution >= 0.6 is 11.8 Å². The lowest BCUT2D eigenvalue weighted by molar-refractivity contribution is -0.855. The van der Waals surface area contributed by atoms with Gasteiger partial charge in [-0.3, -0.25) is 0 Å². The molecule has 2 rings (SSSR count). The minimum Gasteiger partial charge on any atom is -1.00 e. The Hall–Kier alpha value is -0.420. The Kier molecular flexibility index (Phi) is 7.63. The summed E-state index contributed by atoms with van der Waals surface area (Å²) in [5.74, 6) is 1.13. The maximum absolute atomic E-state index is 3.37. The van der Waals surface area contributed by atoms with Gasteiger partial charge in [0.2, 0.25) is 0 Å². The Bertz CT molecular complexity index is 412. The molecule has 0 aliphatic heterocycles. The van der Waals surface area contributed by atoms with Gasteiger partial charge in [-0.15, -0.1) is 0 Å². The van der Waals surface area contributed by atoms with E-state index < -0.39 is 0 Å². The molecule has 0 fully saturated rings. The number of para-hydroxylation sites is 2. The first-order valence-electron chi connectivity index (χ1n) is 5.17. The van der Waals surface area contributed by atoms with Crippen LogP contribution in [0.3, 0.4) is 0 Å². The van der Waals surface area contributed by atoms with Gasteiger partial charge in [0.1, 0.15) is 0 Å². The number of quaternary nitrogens is 1. The topological polar surface area (TPSA) is 34.4 Å². The lowest BCUT2D eigenvalue weighted by atomic mass is 10.3. The summed E-state index contributed by atoms with van der Waals surface area (Å²) in [5.41, 5.74) is 2.36. The Balaban J connectivity index is 0.00000128. The minimum absolute atomic E-state index is 0. The zero-order valence-corrected chi connectivity index (χ0v) is 12.2. The molecular weight excluding hydrogens is 277 g/mol. The van der Waals surface area contributed by atoms with Crippen molar-refractivity contribution in [2.75, 3.05) is 26.4 Å². The van der Waals surface area contributed by atoms with E-state index in [0.717, 1.165) is 10.9 Å². The van der Waals surface area contributed by atoms with Crippen LogP contribution in [-0.4, -0.2) is 31.4 Å². The fourth-order valence-electron chi connectivity index (χ4n) is 1.41. The monoisotopic (exact) mass is 293 g/mol. The third-order valence-corrected chi connectivity index (χ3v) is 3.17. The van der Waals surface area contributed by atoms with Crippen molar-refractivity contribution < 1.29 is 34.7 Å². The molecule has 1 aromatic carbocycles. The van der Waals surface area contributed by atoms with Gasteiger partial charge < -0.3 is 29.7 Å². The van der Waals surface area contributed by atoms with Crippen LogP contribution in [0.5, 0.6) is 0 Å². The first kappa shape index (κ1) is 16.6. The lowest BCUT2D eigenvalue weighted by Crippen LogP contribution is -3.06. The van der Waals surface area contributed by atoms with Gasteiger partial charge in [0.15, 0.2) is 11.0 Å². The molecule has 3 N–H and O–H groups in total. The van der Waals surface area contributed by atoms with Crippen LogP contribution in [0, 0.1) is 0 Å². The Morgan fingerprint density at radius 3 is 2.59 bits per heavy atom. The molecule has 0 radical (unpaired) electrons. The predicted molar refractivity (Wildman–Crippen MR) is 63.3 cm³/mol. The number of fused-ring (bicyclic) bond motifs is 1. The fraction of sp³-hybridized carbons (Fsp3) is 0.364. The van der Waals surface area contributed by atoms with Crippen LogP contribution in [0.2, 0.25) is 0 Å². The molecule has 0 saturated heterocycles. The largest absolute Gasteiger partial charge is 1.00 e. The summed E-state index contributed by atoms with van der Waals surface area (Å²) >= 11 is 1.84. The molecule has 3 nitrogen and oxygen atoms in total. The minimum atomic E-state index is 0. The van der Waals surface area contributed by atoms with Gasteiger partial charge in [-0.25, -0.2) is 9.97 Å². The first-order chi connectivity index (χ1) is 7.25. The maximum atomic E-state index is 3.37. The van der Waals surface area contributed by atoms with E-state index in [1.54, 1.807) is 0 Å². The molecule has 1 heterocycles. The smallest absolute Gasteiger partial charge is 0.314 e. The van der Waals surface area contributed by atoms with Crippen molar-refractivity contribution >= 4 is 22.8 Å². The van der Waals surface area contributed by atoms with Crippen LogP contribution < -0.4 is 34.7 Å². The van der Waals surface area contributed by atoms with Gasteiger partial charge in [-0.05, 0) is 23.9 Å². The zero-order chi connectivity index (χ0) is 10.7. The van der Waals surface area contributed by atoms with Crippen molar-refractivity contribution in [2.45, 2.75) is 5.16 Å². The number of hydrogen-bond donors (Lipinski definition) is 2. The third-order valence-electron chi connectivity index (χ3n) is 2.27. The average Bonchev–Trinajstić information content (AvgIpc) is 2.59. The number of aromatic nitrogens is 2. The van der Waals surface area contributed by atoms with E-state index in [0.29, 0.717) is 0 Å². The van der Waals surface area contributed by atoms with E-state index in [1.807, 2.05) is 23.9 Å². The maximum Gasteiger partial charge on any atom is 0.314 e. The fourth-order valence-corrected chi connectivity index (χ4v) is 2.49. The van der Waals surface area contributed by atoms with Crippen LogP contribution in [0.4, 0.5) is 0 Å². The number of aromatic amines is 2. The van der Waals surface area contributed by atoms with Gasteiger partial charge in [0, 0.05) is 0 Å². The molecule has 0 unspecified atom stereocenters. The van der Waals surface area contributed by atoms with E-state index in [4.69, 9.17) is 0 Å². The van der Waals surface area contributed by atoms with E-state index in [-0.39, 0.29) is 24.8 Å². The highest BCUT2D eigenvalue weighted by atomic mass is 35.5. The molecule has 0 aliphatic rings. The molecule has 2 aromatic rings. The second-order valence-electron chi connectivity index (χ2n) is 3.93. The number of H-pyrrole nitrogens is 2. The number of imidazole rings is 1. The standard InChI is InChI=1S/C11H15N3S.2ClH/c1-14(2)7-8-15-11-12-9-5-3-4-6-10(9)13-11;;/h3-6H,7-8H2,1-2H3,(H,12,13);2*1H. The van der Waals surface area contributed by atoms with Crippen molar-refractivity contribution in [3.63, 3.8) is 0 Å².